The molecule has 2 bridgehead atoms. The zero-order valence-electron chi connectivity index (χ0n) is 18.6. The maximum atomic E-state index is 13.1. The van der Waals surface area contributed by atoms with Crippen molar-refractivity contribution < 1.29 is 28.7 Å². The summed E-state index contributed by atoms with van der Waals surface area (Å²) in [6.45, 7) is -0.493. The van der Waals surface area contributed by atoms with Crippen molar-refractivity contribution in [1.29, 1.82) is 0 Å². The van der Waals surface area contributed by atoms with Crippen LogP contribution in [0.2, 0.25) is 0 Å². The lowest BCUT2D eigenvalue weighted by atomic mass is 9.80. The first-order valence-corrected chi connectivity index (χ1v) is 12.0. The van der Waals surface area contributed by atoms with Crippen molar-refractivity contribution in [3.8, 4) is 5.75 Å². The summed E-state index contributed by atoms with van der Waals surface area (Å²) in [6.07, 6.45) is 0.693. The first-order chi connectivity index (χ1) is 16.8. The number of carbonyl (C=O) groups excluding carboxylic acids is 4. The van der Waals surface area contributed by atoms with E-state index in [0.717, 1.165) is 0 Å². The largest absolute Gasteiger partial charge is 0.495 e. The van der Waals surface area contributed by atoms with Crippen molar-refractivity contribution in [2.24, 2.45) is 23.7 Å². The van der Waals surface area contributed by atoms with Crippen LogP contribution in [0.25, 0.3) is 0 Å². The van der Waals surface area contributed by atoms with Crippen molar-refractivity contribution in [1.82, 2.24) is 0 Å². The lowest BCUT2D eigenvalue weighted by molar-refractivity contribution is -0.123. The Morgan fingerprint density at radius 1 is 0.971 bits per heavy atom. The van der Waals surface area contributed by atoms with Crippen molar-refractivity contribution in [2.45, 2.75) is 17.2 Å². The Balaban J connectivity index is 1.22. The monoisotopic (exact) mass is 516 g/mol. The lowest BCUT2D eigenvalue weighted by Crippen LogP contribution is -2.37. The van der Waals surface area contributed by atoms with Gasteiger partial charge in [-0.3, -0.25) is 19.3 Å². The van der Waals surface area contributed by atoms with Gasteiger partial charge in [-0.15, -0.1) is 23.2 Å². The highest BCUT2D eigenvalue weighted by Crippen LogP contribution is 2.59. The van der Waals surface area contributed by atoms with Crippen LogP contribution < -0.4 is 15.0 Å². The average Bonchev–Trinajstić information content (AvgIpc) is 3.47. The molecule has 1 N–H and O–H groups in total. The fraction of sp³-hybridized carbons (Fsp3) is 0.360. The van der Waals surface area contributed by atoms with Crippen molar-refractivity contribution in [3.63, 3.8) is 0 Å². The molecule has 0 unspecified atom stereocenters. The Morgan fingerprint density at radius 2 is 1.57 bits per heavy atom. The minimum Gasteiger partial charge on any atom is -0.495 e. The van der Waals surface area contributed by atoms with Gasteiger partial charge in [-0.2, -0.15) is 0 Å². The first-order valence-electron chi connectivity index (χ1n) is 11.2. The van der Waals surface area contributed by atoms with Crippen LogP contribution in [-0.4, -0.2) is 48.2 Å². The number of para-hydroxylation sites is 2. The molecule has 2 aromatic carbocycles. The van der Waals surface area contributed by atoms with Crippen LogP contribution in [0.5, 0.6) is 5.75 Å². The molecule has 2 saturated carbocycles. The number of carbonyl (C=O) groups is 4. The summed E-state index contributed by atoms with van der Waals surface area (Å²) < 4.78 is 10.3. The molecule has 3 fully saturated rings. The van der Waals surface area contributed by atoms with Gasteiger partial charge in [-0.05, 0) is 54.7 Å². The van der Waals surface area contributed by atoms with Gasteiger partial charge in [0.15, 0.2) is 6.61 Å². The molecule has 0 radical (unpaired) electrons. The van der Waals surface area contributed by atoms with Crippen LogP contribution in [0, 0.1) is 23.7 Å². The Labute approximate surface area is 211 Å². The van der Waals surface area contributed by atoms with E-state index in [4.69, 9.17) is 32.7 Å². The first kappa shape index (κ1) is 23.6. The molecule has 3 aliphatic rings. The number of ether oxygens (including phenoxy) is 2. The van der Waals surface area contributed by atoms with E-state index in [-0.39, 0.29) is 40.0 Å². The standard InChI is InChI=1S/C25H22Cl2N2O6/c1-34-17-5-3-2-4-16(17)28-18(30)11-35-25(33)12-6-8-13(9-7-12)29-23(31)19-14-10-15(20(19)24(29)32)22(27)21(14)26/h2-9,14-15,19-22H,10-11H2,1H3,(H,28,30)/t14-,15-,19-,20+,21-,22+/m1/s1. The zero-order valence-corrected chi connectivity index (χ0v) is 20.2. The highest BCUT2D eigenvalue weighted by molar-refractivity contribution is 6.32. The average molecular weight is 517 g/mol. The number of halogens is 2. The Hall–Kier alpha value is -3.10. The lowest BCUT2D eigenvalue weighted by Gasteiger charge is -2.28. The minimum absolute atomic E-state index is 0.105. The van der Waals surface area contributed by atoms with E-state index in [2.05, 4.69) is 5.32 Å². The summed E-state index contributed by atoms with van der Waals surface area (Å²) in [7, 11) is 1.48. The third-order valence-corrected chi connectivity index (χ3v) is 8.38. The maximum absolute atomic E-state index is 13.1. The molecule has 3 amide bonds. The van der Waals surface area contributed by atoms with Crippen molar-refractivity contribution >= 4 is 58.3 Å². The van der Waals surface area contributed by atoms with Gasteiger partial charge in [-0.1, -0.05) is 12.1 Å². The summed E-state index contributed by atoms with van der Waals surface area (Å²) in [5.41, 5.74) is 1.01. The van der Waals surface area contributed by atoms with E-state index in [9.17, 15) is 19.2 Å². The summed E-state index contributed by atoms with van der Waals surface area (Å²) in [5, 5.41) is 1.98. The zero-order chi connectivity index (χ0) is 24.9. The molecule has 8 nitrogen and oxygen atoms in total. The molecular formula is C25H22Cl2N2O6. The molecule has 1 aliphatic heterocycles. The maximum Gasteiger partial charge on any atom is 0.338 e. The summed E-state index contributed by atoms with van der Waals surface area (Å²) >= 11 is 12.8. The molecular weight excluding hydrogens is 495 g/mol. The Kier molecular flexibility index (Phi) is 6.19. The highest BCUT2D eigenvalue weighted by atomic mass is 35.5. The third kappa shape index (κ3) is 3.94. The number of hydrogen-bond acceptors (Lipinski definition) is 6. The number of hydrogen-bond donors (Lipinski definition) is 1. The molecule has 1 heterocycles. The van der Waals surface area contributed by atoms with Crippen LogP contribution >= 0.6 is 23.2 Å². The fourth-order valence-corrected chi connectivity index (χ4v) is 6.39. The van der Waals surface area contributed by atoms with Crippen LogP contribution in [0.1, 0.15) is 16.8 Å². The van der Waals surface area contributed by atoms with E-state index in [0.29, 0.717) is 23.5 Å². The SMILES string of the molecule is COc1ccccc1NC(=O)COC(=O)c1ccc(N2C(=O)[C@@H]3[C@H]4C[C@@H]([C@H](Cl)[C@@H]4Cl)[C@@H]3C2=O)cc1. The Morgan fingerprint density at radius 3 is 2.17 bits per heavy atom. The highest BCUT2D eigenvalue weighted by Gasteiger charge is 2.66. The number of anilines is 2. The fourth-order valence-electron chi connectivity index (χ4n) is 5.50. The van der Waals surface area contributed by atoms with Gasteiger partial charge >= 0.3 is 5.97 Å². The molecule has 5 rings (SSSR count). The molecule has 182 valence electrons. The summed E-state index contributed by atoms with van der Waals surface area (Å²) in [5.74, 6) is -2.41. The number of esters is 1. The predicted molar refractivity (Wildman–Crippen MR) is 129 cm³/mol. The van der Waals surface area contributed by atoms with E-state index in [1.807, 2.05) is 0 Å². The van der Waals surface area contributed by atoms with Gasteiger partial charge in [0.05, 0.1) is 46.6 Å². The number of nitrogens with zero attached hydrogens (tertiary/aromatic N) is 1. The Bertz CT molecular complexity index is 1170. The molecule has 0 aromatic heterocycles. The number of imide groups is 1. The van der Waals surface area contributed by atoms with Crippen LogP contribution in [-0.2, 0) is 19.1 Å². The van der Waals surface area contributed by atoms with Gasteiger partial charge in [-0.25, -0.2) is 4.79 Å². The number of methoxy groups -OCH3 is 1. The quantitative estimate of drug-likeness (QED) is 0.358. The number of alkyl halides is 2. The molecule has 2 aliphatic carbocycles. The van der Waals surface area contributed by atoms with Crippen LogP contribution in [0.15, 0.2) is 48.5 Å². The second-order valence-corrected chi connectivity index (χ2v) is 9.90. The molecule has 6 atom stereocenters. The van der Waals surface area contributed by atoms with E-state index >= 15 is 0 Å². The molecule has 0 spiro atoms. The number of amides is 3. The minimum atomic E-state index is -0.712. The molecule has 1 saturated heterocycles. The topological polar surface area (TPSA) is 102 Å². The van der Waals surface area contributed by atoms with Gasteiger partial charge in [0, 0.05) is 0 Å². The van der Waals surface area contributed by atoms with Gasteiger partial charge in [0.2, 0.25) is 11.8 Å². The number of rotatable bonds is 6. The van der Waals surface area contributed by atoms with Crippen LogP contribution in [0.4, 0.5) is 11.4 Å². The van der Waals surface area contributed by atoms with Gasteiger partial charge in [0.1, 0.15) is 5.75 Å². The normalized spacial score (nSPS) is 28.7. The van der Waals surface area contributed by atoms with Crippen molar-refractivity contribution in [2.75, 3.05) is 23.9 Å². The molecule has 35 heavy (non-hydrogen) atoms. The van der Waals surface area contributed by atoms with Gasteiger partial charge < -0.3 is 14.8 Å². The smallest absolute Gasteiger partial charge is 0.338 e. The number of benzene rings is 2. The third-order valence-electron chi connectivity index (χ3n) is 7.06. The van der Waals surface area contributed by atoms with Crippen molar-refractivity contribution in [3.05, 3.63) is 54.1 Å². The number of fused-ring (bicyclic) bond motifs is 5. The molecule has 2 aromatic rings. The van der Waals surface area contributed by atoms with E-state index in [1.165, 1.54) is 36.3 Å². The summed E-state index contributed by atoms with van der Waals surface area (Å²) in [6, 6.07) is 12.8. The second-order valence-electron chi connectivity index (χ2n) is 8.89. The van der Waals surface area contributed by atoms with E-state index < -0.39 is 30.3 Å². The predicted octanol–water partition coefficient (Wildman–Crippen LogP) is 3.46. The van der Waals surface area contributed by atoms with Crippen LogP contribution in [0.3, 0.4) is 0 Å². The summed E-state index contributed by atoms with van der Waals surface area (Å²) in [4.78, 5) is 51.9. The van der Waals surface area contributed by atoms with Gasteiger partial charge in [0.25, 0.3) is 5.91 Å². The second kappa shape index (κ2) is 9.17. The number of nitrogens with one attached hydrogen (secondary N) is 1. The molecule has 10 heteroatoms. The van der Waals surface area contributed by atoms with E-state index in [1.54, 1.807) is 24.3 Å².